The van der Waals surface area contributed by atoms with Gasteiger partial charge in [0, 0.05) is 4.86 Å². The van der Waals surface area contributed by atoms with Crippen LogP contribution in [-0.2, 0) is 0 Å². The lowest BCUT2D eigenvalue weighted by Gasteiger charge is -2.28. The quantitative estimate of drug-likeness (QED) is 0.481. The van der Waals surface area contributed by atoms with Crippen molar-refractivity contribution in [3.05, 3.63) is 91.0 Å². The molecule has 3 aromatic rings. The van der Waals surface area contributed by atoms with E-state index in [0.29, 0.717) is 0 Å². The molecule has 0 saturated carbocycles. The molecule has 0 saturated heterocycles. The number of hydrogen-bond donors (Lipinski definition) is 0. The maximum absolute atomic E-state index is 5.68. The first kappa shape index (κ1) is 16.9. The Labute approximate surface area is 150 Å². The van der Waals surface area contributed by atoms with Crippen LogP contribution in [0, 0.1) is 0 Å². The van der Waals surface area contributed by atoms with E-state index in [0.717, 1.165) is 11.3 Å². The van der Waals surface area contributed by atoms with Crippen LogP contribution in [0.1, 0.15) is 13.3 Å². The normalized spacial score (nSPS) is 11.0. The van der Waals surface area contributed by atoms with Gasteiger partial charge in [0.25, 0.3) is 0 Å². The molecule has 0 aromatic heterocycles. The summed E-state index contributed by atoms with van der Waals surface area (Å²) in [6.07, 6.45) is 0.892. The Morgan fingerprint density at radius 1 is 0.708 bits per heavy atom. The van der Waals surface area contributed by atoms with Gasteiger partial charge in [-0.25, -0.2) is 0 Å². The molecule has 0 atom stereocenters. The zero-order valence-electron chi connectivity index (χ0n) is 13.8. The van der Waals surface area contributed by atoms with Crippen molar-refractivity contribution in [3.63, 3.8) is 0 Å². The van der Waals surface area contributed by atoms with Crippen LogP contribution in [0.5, 0.6) is 0 Å². The van der Waals surface area contributed by atoms with Crippen LogP contribution in [-0.4, -0.2) is 10.7 Å². The lowest BCUT2D eigenvalue weighted by atomic mass is 10.3. The zero-order valence-corrected chi connectivity index (χ0v) is 15.5. The van der Waals surface area contributed by atoms with Crippen LogP contribution < -0.4 is 15.9 Å². The van der Waals surface area contributed by atoms with E-state index < -0.39 is 6.89 Å². The molecule has 0 heterocycles. The average molecular weight is 348 g/mol. The molecule has 0 N–H and O–H groups in total. The third-order valence-electron chi connectivity index (χ3n) is 4.18. The van der Waals surface area contributed by atoms with Crippen molar-refractivity contribution in [2.45, 2.75) is 13.3 Å². The second-order valence-electron chi connectivity index (χ2n) is 5.68. The van der Waals surface area contributed by atoms with Crippen molar-refractivity contribution in [3.8, 4) is 0 Å². The number of hydrogen-bond acceptors (Lipinski definition) is 1. The molecular weight excluding hydrogens is 327 g/mol. The van der Waals surface area contributed by atoms with E-state index in [9.17, 15) is 0 Å². The maximum Gasteiger partial charge on any atom is 0.0160 e. The van der Waals surface area contributed by atoms with Crippen LogP contribution in [0.25, 0.3) is 0 Å². The lowest BCUT2D eigenvalue weighted by Crippen LogP contribution is -2.28. The van der Waals surface area contributed by atoms with Crippen molar-refractivity contribution in [1.29, 1.82) is 0 Å². The summed E-state index contributed by atoms with van der Waals surface area (Å²) in [5, 5.41) is 4.04. The van der Waals surface area contributed by atoms with Crippen LogP contribution in [0.4, 0.5) is 0 Å². The summed E-state index contributed by atoms with van der Waals surface area (Å²) >= 11 is 5.68. The van der Waals surface area contributed by atoms with Gasteiger partial charge in [-0.3, -0.25) is 0 Å². The monoisotopic (exact) mass is 348 g/mol. The molecule has 0 amide bonds. The smallest absolute Gasteiger partial charge is 0.0160 e. The molecule has 0 radical (unpaired) electrons. The van der Waals surface area contributed by atoms with Gasteiger partial charge in [0.2, 0.25) is 0 Å². The predicted octanol–water partition coefficient (Wildman–Crippen LogP) is 4.56. The fraction of sp³-hybridized carbons (Fsp3) is 0.0909. The molecule has 120 valence electrons. The summed E-state index contributed by atoms with van der Waals surface area (Å²) in [5.41, 5.74) is 0. The Morgan fingerprint density at radius 2 is 1.04 bits per heavy atom. The second-order valence-corrected chi connectivity index (χ2v) is 9.46. The van der Waals surface area contributed by atoms with E-state index in [1.54, 1.807) is 0 Å². The molecular formula is C22H21PS. The highest BCUT2D eigenvalue weighted by Crippen LogP contribution is 2.43. The minimum Gasteiger partial charge on any atom is -0.0849 e. The molecule has 0 spiro atoms. The van der Waals surface area contributed by atoms with Crippen LogP contribution >= 0.6 is 19.1 Å². The first-order valence-corrected chi connectivity index (χ1v) is 10.5. The fourth-order valence-corrected chi connectivity index (χ4v) is 7.33. The lowest BCUT2D eigenvalue weighted by molar-refractivity contribution is 1.34. The van der Waals surface area contributed by atoms with Crippen LogP contribution in [0.2, 0.25) is 0 Å². The van der Waals surface area contributed by atoms with Crippen molar-refractivity contribution in [2.24, 2.45) is 0 Å². The molecule has 0 fully saturated rings. The van der Waals surface area contributed by atoms with Crippen LogP contribution in [0.15, 0.2) is 91.0 Å². The highest BCUT2D eigenvalue weighted by molar-refractivity contribution is 7.97. The van der Waals surface area contributed by atoms with Gasteiger partial charge in [-0.1, -0.05) is 110 Å². The molecule has 0 bridgehead atoms. The Balaban J connectivity index is 2.42. The highest BCUT2D eigenvalue weighted by atomic mass is 32.1. The first-order chi connectivity index (χ1) is 11.8. The Bertz CT molecular complexity index is 749. The Morgan fingerprint density at radius 3 is 1.33 bits per heavy atom. The van der Waals surface area contributed by atoms with E-state index in [-0.39, 0.29) is 0 Å². The minimum absolute atomic E-state index is 0.892. The van der Waals surface area contributed by atoms with Crippen LogP contribution in [0.3, 0.4) is 0 Å². The maximum atomic E-state index is 5.68. The Hall–Kier alpha value is -1.95. The molecule has 2 heteroatoms. The van der Waals surface area contributed by atoms with E-state index in [4.69, 9.17) is 12.2 Å². The van der Waals surface area contributed by atoms with E-state index >= 15 is 0 Å². The SMILES string of the molecule is CCC(=S)C=P(c1ccccc1)(c1ccccc1)c1ccccc1. The van der Waals surface area contributed by atoms with Gasteiger partial charge in [0.05, 0.1) is 0 Å². The van der Waals surface area contributed by atoms with Gasteiger partial charge in [-0.05, 0) is 35.0 Å². The molecule has 3 aromatic carbocycles. The van der Waals surface area contributed by atoms with Gasteiger partial charge in [0.15, 0.2) is 0 Å². The summed E-state index contributed by atoms with van der Waals surface area (Å²) in [6, 6.07) is 32.4. The summed E-state index contributed by atoms with van der Waals surface area (Å²) in [7, 11) is 0. The van der Waals surface area contributed by atoms with Crippen molar-refractivity contribution in [2.75, 3.05) is 0 Å². The molecule has 0 aliphatic heterocycles. The fourth-order valence-electron chi connectivity index (χ4n) is 2.97. The van der Waals surface area contributed by atoms with Crippen molar-refractivity contribution in [1.82, 2.24) is 0 Å². The van der Waals surface area contributed by atoms with Gasteiger partial charge < -0.3 is 0 Å². The van der Waals surface area contributed by atoms with Crippen molar-refractivity contribution < 1.29 is 0 Å². The van der Waals surface area contributed by atoms with Crippen molar-refractivity contribution >= 4 is 45.7 Å². The zero-order chi connectivity index (χ0) is 16.8. The minimum atomic E-state index is -1.89. The summed E-state index contributed by atoms with van der Waals surface area (Å²) in [6.45, 7) is 0.241. The highest BCUT2D eigenvalue weighted by Gasteiger charge is 2.24. The number of rotatable bonds is 5. The molecule has 3 rings (SSSR count). The summed E-state index contributed by atoms with van der Waals surface area (Å²) in [5.74, 6) is 2.36. The van der Waals surface area contributed by atoms with Gasteiger partial charge in [-0.2, -0.15) is 0 Å². The Kier molecular flexibility index (Phi) is 5.45. The molecule has 0 aliphatic rings. The van der Waals surface area contributed by atoms with Gasteiger partial charge >= 0.3 is 0 Å². The summed E-state index contributed by atoms with van der Waals surface area (Å²) < 4.78 is 0. The topological polar surface area (TPSA) is 0 Å². The van der Waals surface area contributed by atoms with E-state index in [1.165, 1.54) is 15.9 Å². The van der Waals surface area contributed by atoms with Gasteiger partial charge in [0.1, 0.15) is 0 Å². The third-order valence-corrected chi connectivity index (χ3v) is 8.79. The van der Waals surface area contributed by atoms with E-state index in [2.05, 4.69) is 104 Å². The largest absolute Gasteiger partial charge is 0.0849 e. The first-order valence-electron chi connectivity index (χ1n) is 8.21. The molecule has 0 nitrogen and oxygen atoms in total. The van der Waals surface area contributed by atoms with E-state index in [1.807, 2.05) is 0 Å². The molecule has 0 unspecified atom stereocenters. The molecule has 0 aliphatic carbocycles. The standard InChI is InChI=1S/C22H21PS/c1-2-22(24)18-23(19-12-6-3-7-13-19,20-14-8-4-9-15-20)21-16-10-5-11-17-21/h3-18H,2H2,1H3. The second kappa shape index (κ2) is 7.75. The number of thiocarbonyl (C=S) groups is 1. The predicted molar refractivity (Wildman–Crippen MR) is 114 cm³/mol. The number of benzene rings is 3. The third kappa shape index (κ3) is 3.29. The van der Waals surface area contributed by atoms with Gasteiger partial charge in [-0.15, -0.1) is 0 Å². The average Bonchev–Trinajstić information content (AvgIpc) is 2.68. The molecule has 24 heavy (non-hydrogen) atoms. The summed E-state index contributed by atoms with van der Waals surface area (Å²) in [4.78, 5) is 1.03.